The molecule has 0 atom stereocenters. The molecule has 6 heteroatoms. The highest BCUT2D eigenvalue weighted by atomic mass is 16.5. The third-order valence-electron chi connectivity index (χ3n) is 2.67. The zero-order valence-electron chi connectivity index (χ0n) is 14.6. The van der Waals surface area contributed by atoms with Gasteiger partial charge in [-0.05, 0) is 32.6 Å². The van der Waals surface area contributed by atoms with E-state index in [1.165, 1.54) is 0 Å². The zero-order valence-corrected chi connectivity index (χ0v) is 14.6. The van der Waals surface area contributed by atoms with E-state index in [0.717, 1.165) is 38.7 Å². The third-order valence-corrected chi connectivity index (χ3v) is 2.67. The third kappa shape index (κ3) is 13.7. The lowest BCUT2D eigenvalue weighted by Crippen LogP contribution is -2.38. The maximum absolute atomic E-state index is 11.2. The molecule has 0 saturated heterocycles. The lowest BCUT2D eigenvalue weighted by atomic mass is 10.2. The van der Waals surface area contributed by atoms with Crippen molar-refractivity contribution in [1.29, 1.82) is 0 Å². The Balaban J connectivity index is 3.79. The molecule has 2 N–H and O–H groups in total. The summed E-state index contributed by atoms with van der Waals surface area (Å²) in [5.41, 5.74) is 0. The number of aliphatic imine (C=N–C) groups is 1. The van der Waals surface area contributed by atoms with Crippen LogP contribution in [0.1, 0.15) is 47.0 Å². The normalized spacial score (nSPS) is 11.6. The number of carbonyl (C=O) groups is 1. The standard InChI is InChI=1S/C16H33N3O3/c1-5-17-16(18-10-7-9-15(20)22-6-2)19-11-8-12-21-13-14(3)4/h14H,5-13H2,1-4H3,(H2,17,18,19). The first-order chi connectivity index (χ1) is 10.6. The summed E-state index contributed by atoms with van der Waals surface area (Å²) in [7, 11) is 0. The molecule has 22 heavy (non-hydrogen) atoms. The number of hydrogen-bond donors (Lipinski definition) is 2. The van der Waals surface area contributed by atoms with Crippen LogP contribution in [0.4, 0.5) is 0 Å². The highest BCUT2D eigenvalue weighted by Crippen LogP contribution is 1.94. The van der Waals surface area contributed by atoms with E-state index in [4.69, 9.17) is 9.47 Å². The molecule has 0 heterocycles. The van der Waals surface area contributed by atoms with Crippen LogP contribution in [0.15, 0.2) is 4.99 Å². The van der Waals surface area contributed by atoms with Crippen LogP contribution in [0, 0.1) is 5.92 Å². The number of esters is 1. The number of ether oxygens (including phenoxy) is 2. The van der Waals surface area contributed by atoms with Gasteiger partial charge in [-0.25, -0.2) is 0 Å². The molecule has 0 aromatic carbocycles. The average Bonchev–Trinajstić information content (AvgIpc) is 2.47. The van der Waals surface area contributed by atoms with Crippen LogP contribution in [-0.4, -0.2) is 51.4 Å². The molecule has 0 amide bonds. The lowest BCUT2D eigenvalue weighted by molar-refractivity contribution is -0.143. The van der Waals surface area contributed by atoms with Crippen LogP contribution in [0.3, 0.4) is 0 Å². The van der Waals surface area contributed by atoms with Crippen molar-refractivity contribution in [3.05, 3.63) is 0 Å². The van der Waals surface area contributed by atoms with Crippen molar-refractivity contribution in [3.8, 4) is 0 Å². The average molecular weight is 315 g/mol. The summed E-state index contributed by atoms with van der Waals surface area (Å²) in [6, 6.07) is 0. The SMILES string of the molecule is CCNC(=NCCCC(=O)OCC)NCCCOCC(C)C. The second kappa shape index (κ2) is 14.6. The number of rotatable bonds is 12. The van der Waals surface area contributed by atoms with Gasteiger partial charge in [0.2, 0.25) is 0 Å². The topological polar surface area (TPSA) is 72.0 Å². The Morgan fingerprint density at radius 2 is 1.95 bits per heavy atom. The van der Waals surface area contributed by atoms with Gasteiger partial charge in [0.15, 0.2) is 5.96 Å². The van der Waals surface area contributed by atoms with E-state index in [0.29, 0.717) is 31.9 Å². The first-order valence-corrected chi connectivity index (χ1v) is 8.35. The van der Waals surface area contributed by atoms with E-state index in [9.17, 15) is 4.79 Å². The van der Waals surface area contributed by atoms with Crippen molar-refractivity contribution < 1.29 is 14.3 Å². The zero-order chi connectivity index (χ0) is 16.6. The van der Waals surface area contributed by atoms with Crippen molar-refractivity contribution >= 4 is 11.9 Å². The summed E-state index contributed by atoms with van der Waals surface area (Å²) in [6.45, 7) is 12.4. The fourth-order valence-corrected chi connectivity index (χ4v) is 1.69. The molecule has 130 valence electrons. The van der Waals surface area contributed by atoms with Crippen molar-refractivity contribution in [2.75, 3.05) is 39.5 Å². The molecule has 6 nitrogen and oxygen atoms in total. The van der Waals surface area contributed by atoms with E-state index < -0.39 is 0 Å². The summed E-state index contributed by atoms with van der Waals surface area (Å²) >= 11 is 0. The minimum absolute atomic E-state index is 0.155. The van der Waals surface area contributed by atoms with Gasteiger partial charge in [0, 0.05) is 39.3 Å². The molecular weight excluding hydrogens is 282 g/mol. The Morgan fingerprint density at radius 1 is 1.18 bits per heavy atom. The van der Waals surface area contributed by atoms with Crippen LogP contribution in [0.2, 0.25) is 0 Å². The molecule has 0 spiro atoms. The maximum atomic E-state index is 11.2. The molecule has 0 radical (unpaired) electrons. The summed E-state index contributed by atoms with van der Waals surface area (Å²) in [6.07, 6.45) is 2.06. The quantitative estimate of drug-likeness (QED) is 0.249. The molecule has 0 bridgehead atoms. The minimum Gasteiger partial charge on any atom is -0.466 e. The van der Waals surface area contributed by atoms with Crippen molar-refractivity contribution in [3.63, 3.8) is 0 Å². The van der Waals surface area contributed by atoms with Crippen LogP contribution in [-0.2, 0) is 14.3 Å². The highest BCUT2D eigenvalue weighted by Gasteiger charge is 2.01. The molecule has 0 unspecified atom stereocenters. The van der Waals surface area contributed by atoms with Crippen molar-refractivity contribution in [2.24, 2.45) is 10.9 Å². The summed E-state index contributed by atoms with van der Waals surface area (Å²) < 4.78 is 10.4. The largest absolute Gasteiger partial charge is 0.466 e. The lowest BCUT2D eigenvalue weighted by Gasteiger charge is -2.11. The fourth-order valence-electron chi connectivity index (χ4n) is 1.69. The smallest absolute Gasteiger partial charge is 0.305 e. The van der Waals surface area contributed by atoms with E-state index in [2.05, 4.69) is 29.5 Å². The van der Waals surface area contributed by atoms with E-state index >= 15 is 0 Å². The number of guanidine groups is 1. The second-order valence-electron chi connectivity index (χ2n) is 5.42. The van der Waals surface area contributed by atoms with Gasteiger partial charge in [-0.3, -0.25) is 9.79 Å². The Hall–Kier alpha value is -1.30. The number of hydrogen-bond acceptors (Lipinski definition) is 4. The fraction of sp³-hybridized carbons (Fsp3) is 0.875. The first kappa shape index (κ1) is 20.7. The summed E-state index contributed by atoms with van der Waals surface area (Å²) in [5, 5.41) is 6.45. The van der Waals surface area contributed by atoms with Crippen LogP contribution in [0.25, 0.3) is 0 Å². The Bertz CT molecular complexity index is 307. The molecule has 0 fully saturated rings. The van der Waals surface area contributed by atoms with Crippen LogP contribution in [0.5, 0.6) is 0 Å². The monoisotopic (exact) mass is 315 g/mol. The maximum Gasteiger partial charge on any atom is 0.305 e. The molecular formula is C16H33N3O3. The Morgan fingerprint density at radius 3 is 2.59 bits per heavy atom. The van der Waals surface area contributed by atoms with Gasteiger partial charge >= 0.3 is 5.97 Å². The van der Waals surface area contributed by atoms with Gasteiger partial charge in [-0.1, -0.05) is 13.8 Å². The predicted octanol–water partition coefficient (Wildman–Crippen LogP) is 1.95. The number of carbonyl (C=O) groups excluding carboxylic acids is 1. The van der Waals surface area contributed by atoms with Gasteiger partial charge in [0.05, 0.1) is 6.61 Å². The number of nitrogens with one attached hydrogen (secondary N) is 2. The van der Waals surface area contributed by atoms with Crippen LogP contribution >= 0.6 is 0 Å². The molecule has 0 saturated carbocycles. The van der Waals surface area contributed by atoms with Gasteiger partial charge in [0.1, 0.15) is 0 Å². The van der Waals surface area contributed by atoms with E-state index in [1.807, 2.05) is 13.8 Å². The predicted molar refractivity (Wildman–Crippen MR) is 90.1 cm³/mol. The Labute approximate surface area is 135 Å². The minimum atomic E-state index is -0.155. The first-order valence-electron chi connectivity index (χ1n) is 8.35. The van der Waals surface area contributed by atoms with E-state index in [-0.39, 0.29) is 5.97 Å². The van der Waals surface area contributed by atoms with Gasteiger partial charge in [-0.15, -0.1) is 0 Å². The Kier molecular flexibility index (Phi) is 13.8. The van der Waals surface area contributed by atoms with Crippen LogP contribution < -0.4 is 10.6 Å². The van der Waals surface area contributed by atoms with E-state index in [1.54, 1.807) is 0 Å². The molecule has 0 aromatic heterocycles. The summed E-state index contributed by atoms with van der Waals surface area (Å²) in [4.78, 5) is 15.7. The van der Waals surface area contributed by atoms with Crippen molar-refractivity contribution in [1.82, 2.24) is 10.6 Å². The van der Waals surface area contributed by atoms with Crippen molar-refractivity contribution in [2.45, 2.75) is 47.0 Å². The second-order valence-corrected chi connectivity index (χ2v) is 5.42. The van der Waals surface area contributed by atoms with Gasteiger partial charge in [0.25, 0.3) is 0 Å². The molecule has 0 aliphatic heterocycles. The molecule has 0 aromatic rings. The molecule has 0 aliphatic carbocycles. The van der Waals surface area contributed by atoms with Gasteiger partial charge in [-0.2, -0.15) is 0 Å². The molecule has 0 rings (SSSR count). The van der Waals surface area contributed by atoms with Gasteiger partial charge < -0.3 is 20.1 Å². The summed E-state index contributed by atoms with van der Waals surface area (Å²) in [5.74, 6) is 1.21. The number of nitrogens with zero attached hydrogens (tertiary/aromatic N) is 1. The molecule has 0 aliphatic rings. The highest BCUT2D eigenvalue weighted by molar-refractivity contribution is 5.79.